The van der Waals surface area contributed by atoms with Crippen molar-refractivity contribution in [3.63, 3.8) is 0 Å². The van der Waals surface area contributed by atoms with Gasteiger partial charge >= 0.3 is 11.9 Å². The molecule has 0 aliphatic carbocycles. The van der Waals surface area contributed by atoms with Gasteiger partial charge in [-0.2, -0.15) is 13.2 Å². The Balaban J connectivity index is 2.20. The van der Waals surface area contributed by atoms with Crippen LogP contribution in [0.3, 0.4) is 0 Å². The average Bonchev–Trinajstić information content (AvgIpc) is 3.13. The number of aryl methyl sites for hydroxylation is 1. The zero-order valence-electron chi connectivity index (χ0n) is 13.7. The summed E-state index contributed by atoms with van der Waals surface area (Å²) in [5, 5.41) is 3.45. The Morgan fingerprint density at radius 1 is 1.33 bits per heavy atom. The molecule has 0 fully saturated rings. The number of imidazole rings is 1. The minimum atomic E-state index is -5.33. The third-order valence-corrected chi connectivity index (χ3v) is 4.10. The quantitative estimate of drug-likeness (QED) is 0.552. The molecule has 0 spiro atoms. The summed E-state index contributed by atoms with van der Waals surface area (Å²) in [7, 11) is 0. The van der Waals surface area contributed by atoms with Crippen LogP contribution in [0, 0.1) is 0 Å². The first-order chi connectivity index (χ1) is 12.6. The van der Waals surface area contributed by atoms with Crippen molar-refractivity contribution in [1.29, 1.82) is 0 Å². The number of amides is 2. The van der Waals surface area contributed by atoms with E-state index < -0.39 is 46.2 Å². The number of aromatic nitrogens is 4. The van der Waals surface area contributed by atoms with Gasteiger partial charge in [0.05, 0.1) is 6.33 Å². The van der Waals surface area contributed by atoms with Gasteiger partial charge in [0, 0.05) is 31.8 Å². The lowest BCUT2D eigenvalue weighted by Crippen LogP contribution is -2.61. The first kappa shape index (κ1) is 18.4. The number of carbonyl (C=O) groups is 2. The standard InChI is InChI=1S/C14H13F3N6O4/c1-6(24)22-13(14(15,16)17)8-9(20-11(13)26)23(12(27)21-10(8)25)3-2-7-4-18-5-19-7/h4-5H,2-3H2,1H3,(H,18,19)(H,20,26)(H,22,24)(H,21,25,27). The van der Waals surface area contributed by atoms with Gasteiger partial charge in [-0.05, 0) is 0 Å². The minimum absolute atomic E-state index is 0.158. The Bertz CT molecular complexity index is 1020. The molecule has 3 rings (SSSR count). The fraction of sp³-hybridized carbons (Fsp3) is 0.357. The lowest BCUT2D eigenvalue weighted by atomic mass is 9.92. The molecule has 2 aromatic heterocycles. The molecule has 10 nitrogen and oxygen atoms in total. The molecule has 144 valence electrons. The van der Waals surface area contributed by atoms with Crippen LogP contribution >= 0.6 is 0 Å². The number of anilines is 1. The maximum Gasteiger partial charge on any atom is 0.425 e. The largest absolute Gasteiger partial charge is 0.425 e. The van der Waals surface area contributed by atoms with E-state index in [0.717, 1.165) is 11.5 Å². The molecule has 13 heteroatoms. The van der Waals surface area contributed by atoms with E-state index in [1.54, 1.807) is 4.98 Å². The molecule has 2 amide bonds. The number of carbonyl (C=O) groups excluding carboxylic acids is 2. The van der Waals surface area contributed by atoms with Crippen LogP contribution in [0.25, 0.3) is 0 Å². The number of halogens is 3. The number of rotatable bonds is 4. The molecular weight excluding hydrogens is 373 g/mol. The normalized spacial score (nSPS) is 18.9. The Labute approximate surface area is 147 Å². The van der Waals surface area contributed by atoms with E-state index in [1.807, 2.05) is 5.32 Å². The van der Waals surface area contributed by atoms with Crippen LogP contribution in [-0.4, -0.2) is 37.5 Å². The second-order valence-electron chi connectivity index (χ2n) is 5.84. The van der Waals surface area contributed by atoms with E-state index in [0.29, 0.717) is 5.69 Å². The van der Waals surface area contributed by atoms with Crippen molar-refractivity contribution in [3.8, 4) is 0 Å². The molecule has 0 bridgehead atoms. The van der Waals surface area contributed by atoms with Crippen molar-refractivity contribution in [2.75, 3.05) is 5.32 Å². The summed E-state index contributed by atoms with van der Waals surface area (Å²) in [6.07, 6.45) is -2.34. The van der Waals surface area contributed by atoms with Gasteiger partial charge in [-0.25, -0.2) is 9.78 Å². The molecule has 0 saturated heterocycles. The SMILES string of the molecule is CC(=O)NC1(C(F)(F)F)C(=O)Nc2c1c(=O)[nH]c(=O)n2CCc1cnc[nH]1. The van der Waals surface area contributed by atoms with E-state index in [1.165, 1.54) is 17.8 Å². The van der Waals surface area contributed by atoms with Crippen molar-refractivity contribution in [3.05, 3.63) is 44.6 Å². The first-order valence-corrected chi connectivity index (χ1v) is 7.59. The Morgan fingerprint density at radius 3 is 2.59 bits per heavy atom. The summed E-state index contributed by atoms with van der Waals surface area (Å²) >= 11 is 0. The number of hydrogen-bond donors (Lipinski definition) is 4. The zero-order valence-corrected chi connectivity index (χ0v) is 13.7. The highest BCUT2D eigenvalue weighted by atomic mass is 19.4. The number of alkyl halides is 3. The molecule has 2 aromatic rings. The van der Waals surface area contributed by atoms with Crippen LogP contribution in [0.15, 0.2) is 22.1 Å². The maximum atomic E-state index is 13.8. The van der Waals surface area contributed by atoms with Crippen LogP contribution in [-0.2, 0) is 28.1 Å². The van der Waals surface area contributed by atoms with Gasteiger partial charge < -0.3 is 15.6 Å². The average molecular weight is 386 g/mol. The van der Waals surface area contributed by atoms with Gasteiger partial charge in [0.1, 0.15) is 11.4 Å². The summed E-state index contributed by atoms with van der Waals surface area (Å²) in [4.78, 5) is 56.2. The number of hydrogen-bond acceptors (Lipinski definition) is 5. The monoisotopic (exact) mass is 386 g/mol. The molecule has 0 aromatic carbocycles. The van der Waals surface area contributed by atoms with Crippen LogP contribution < -0.4 is 21.9 Å². The second kappa shape index (κ2) is 6.10. The smallest absolute Gasteiger partial charge is 0.348 e. The summed E-state index contributed by atoms with van der Waals surface area (Å²) in [5.74, 6) is -3.46. The molecule has 0 saturated carbocycles. The number of H-pyrrole nitrogens is 2. The van der Waals surface area contributed by atoms with Crippen molar-refractivity contribution >= 4 is 17.6 Å². The fourth-order valence-electron chi connectivity index (χ4n) is 2.96. The van der Waals surface area contributed by atoms with Gasteiger partial charge in [-0.15, -0.1) is 0 Å². The number of aromatic amines is 2. The van der Waals surface area contributed by atoms with Gasteiger partial charge in [0.25, 0.3) is 11.5 Å². The molecule has 4 N–H and O–H groups in total. The maximum absolute atomic E-state index is 13.8. The highest BCUT2D eigenvalue weighted by molar-refractivity contribution is 6.07. The van der Waals surface area contributed by atoms with E-state index in [9.17, 15) is 32.3 Å². The van der Waals surface area contributed by atoms with E-state index >= 15 is 0 Å². The van der Waals surface area contributed by atoms with E-state index in [2.05, 4.69) is 9.97 Å². The number of nitrogens with zero attached hydrogens (tertiary/aromatic N) is 2. The van der Waals surface area contributed by atoms with Gasteiger partial charge in [0.2, 0.25) is 11.4 Å². The third-order valence-electron chi connectivity index (χ3n) is 4.10. The van der Waals surface area contributed by atoms with Gasteiger partial charge in [-0.3, -0.25) is 23.9 Å². The predicted molar refractivity (Wildman–Crippen MR) is 83.8 cm³/mol. The Kier molecular flexibility index (Phi) is 4.16. The summed E-state index contributed by atoms with van der Waals surface area (Å²) in [6.45, 7) is 0.621. The summed E-state index contributed by atoms with van der Waals surface area (Å²) < 4.78 is 42.2. The topological polar surface area (TPSA) is 142 Å². The first-order valence-electron chi connectivity index (χ1n) is 7.59. The summed E-state index contributed by atoms with van der Waals surface area (Å²) in [6, 6.07) is 0. The fourth-order valence-corrected chi connectivity index (χ4v) is 2.96. The van der Waals surface area contributed by atoms with Gasteiger partial charge in [0.15, 0.2) is 0 Å². The molecule has 1 aliphatic rings. The molecule has 1 aliphatic heterocycles. The van der Waals surface area contributed by atoms with E-state index in [-0.39, 0.29) is 13.0 Å². The highest BCUT2D eigenvalue weighted by Crippen LogP contribution is 2.44. The molecule has 3 heterocycles. The minimum Gasteiger partial charge on any atom is -0.348 e. The molecule has 0 radical (unpaired) electrons. The van der Waals surface area contributed by atoms with Crippen LogP contribution in [0.2, 0.25) is 0 Å². The third kappa shape index (κ3) is 2.80. The van der Waals surface area contributed by atoms with Crippen molar-refractivity contribution in [1.82, 2.24) is 24.8 Å². The van der Waals surface area contributed by atoms with Crippen molar-refractivity contribution in [2.24, 2.45) is 0 Å². The Hall–Kier alpha value is -3.38. The molecular formula is C14H13F3N6O4. The Morgan fingerprint density at radius 2 is 2.04 bits per heavy atom. The van der Waals surface area contributed by atoms with Gasteiger partial charge in [-0.1, -0.05) is 0 Å². The molecule has 1 atom stereocenters. The molecule has 27 heavy (non-hydrogen) atoms. The van der Waals surface area contributed by atoms with Crippen LogP contribution in [0.5, 0.6) is 0 Å². The summed E-state index contributed by atoms with van der Waals surface area (Å²) in [5.41, 5.74) is -6.52. The zero-order chi connectivity index (χ0) is 20.0. The molecule has 1 unspecified atom stereocenters. The lowest BCUT2D eigenvalue weighted by Gasteiger charge is -2.29. The van der Waals surface area contributed by atoms with Crippen molar-refractivity contribution in [2.45, 2.75) is 31.6 Å². The number of fused-ring (bicyclic) bond motifs is 1. The number of nitrogens with one attached hydrogen (secondary N) is 4. The second-order valence-corrected chi connectivity index (χ2v) is 5.84. The van der Waals surface area contributed by atoms with Crippen molar-refractivity contribution < 1.29 is 22.8 Å². The van der Waals surface area contributed by atoms with Crippen LogP contribution in [0.1, 0.15) is 18.2 Å². The predicted octanol–water partition coefficient (Wildman–Crippen LogP) is -0.652. The van der Waals surface area contributed by atoms with E-state index in [4.69, 9.17) is 0 Å². The lowest BCUT2D eigenvalue weighted by molar-refractivity contribution is -0.200. The van der Waals surface area contributed by atoms with Crippen LogP contribution in [0.4, 0.5) is 19.0 Å². The highest BCUT2D eigenvalue weighted by Gasteiger charge is 2.68.